The largest absolute Gasteiger partial charge is 0.466 e. The van der Waals surface area contributed by atoms with Crippen LogP contribution < -0.4 is 0 Å². The van der Waals surface area contributed by atoms with Crippen molar-refractivity contribution in [2.75, 3.05) is 0 Å². The third kappa shape index (κ3) is 2.87. The van der Waals surface area contributed by atoms with E-state index in [4.69, 9.17) is 4.42 Å². The Morgan fingerprint density at radius 3 is 2.58 bits per heavy atom. The van der Waals surface area contributed by atoms with Crippen LogP contribution in [0, 0.1) is 25.5 Å². The third-order valence-electron chi connectivity index (χ3n) is 2.97. The van der Waals surface area contributed by atoms with Crippen molar-refractivity contribution >= 4 is 15.9 Å². The second-order valence-electron chi connectivity index (χ2n) is 4.41. The molecule has 0 fully saturated rings. The van der Waals surface area contributed by atoms with Crippen molar-refractivity contribution < 1.29 is 18.3 Å². The van der Waals surface area contributed by atoms with E-state index in [9.17, 15) is 13.9 Å². The number of hydrogen-bond acceptors (Lipinski definition) is 2. The summed E-state index contributed by atoms with van der Waals surface area (Å²) >= 11 is 3.00. The highest BCUT2D eigenvalue weighted by Gasteiger charge is 2.20. The van der Waals surface area contributed by atoms with Gasteiger partial charge >= 0.3 is 0 Å². The molecule has 1 atom stereocenters. The van der Waals surface area contributed by atoms with Gasteiger partial charge in [-0.15, -0.1) is 0 Å². The molecule has 1 heterocycles. The highest BCUT2D eigenvalue weighted by atomic mass is 79.9. The Kier molecular flexibility index (Phi) is 4.06. The maximum absolute atomic E-state index is 13.8. The van der Waals surface area contributed by atoms with Crippen LogP contribution in [-0.4, -0.2) is 5.11 Å². The highest BCUT2D eigenvalue weighted by Crippen LogP contribution is 2.29. The molecule has 0 saturated carbocycles. The molecule has 0 aliphatic heterocycles. The molecule has 1 unspecified atom stereocenters. The van der Waals surface area contributed by atoms with E-state index in [0.29, 0.717) is 17.1 Å². The van der Waals surface area contributed by atoms with E-state index in [-0.39, 0.29) is 16.5 Å². The van der Waals surface area contributed by atoms with Crippen LogP contribution in [0.5, 0.6) is 0 Å². The van der Waals surface area contributed by atoms with Gasteiger partial charge in [-0.1, -0.05) is 0 Å². The fourth-order valence-corrected chi connectivity index (χ4v) is 2.41. The van der Waals surface area contributed by atoms with Gasteiger partial charge in [0.05, 0.1) is 10.6 Å². The quantitative estimate of drug-likeness (QED) is 0.855. The Balaban J connectivity index is 2.31. The maximum Gasteiger partial charge on any atom is 0.143 e. The summed E-state index contributed by atoms with van der Waals surface area (Å²) in [5.74, 6) is -0.142. The van der Waals surface area contributed by atoms with Crippen LogP contribution in [-0.2, 0) is 6.42 Å². The molecule has 0 aliphatic rings. The van der Waals surface area contributed by atoms with Crippen molar-refractivity contribution in [1.82, 2.24) is 0 Å². The standard InChI is InChI=1S/C14H13BrF2O2/c1-7-5-9(8(2)19-7)13(18)6-10-12(16)4-3-11(15)14(10)17/h3-5,13,18H,6H2,1-2H3. The minimum atomic E-state index is -1.00. The van der Waals surface area contributed by atoms with E-state index in [0.717, 1.165) is 0 Å². The van der Waals surface area contributed by atoms with Gasteiger partial charge in [-0.25, -0.2) is 8.78 Å². The number of halogens is 3. The van der Waals surface area contributed by atoms with Crippen LogP contribution in [0.3, 0.4) is 0 Å². The van der Waals surface area contributed by atoms with Gasteiger partial charge < -0.3 is 9.52 Å². The van der Waals surface area contributed by atoms with Crippen LogP contribution >= 0.6 is 15.9 Å². The summed E-state index contributed by atoms with van der Waals surface area (Å²) in [6.07, 6.45) is -1.15. The van der Waals surface area contributed by atoms with E-state index in [1.165, 1.54) is 12.1 Å². The summed E-state index contributed by atoms with van der Waals surface area (Å²) in [7, 11) is 0. The van der Waals surface area contributed by atoms with Crippen molar-refractivity contribution in [3.8, 4) is 0 Å². The zero-order chi connectivity index (χ0) is 14.2. The van der Waals surface area contributed by atoms with Crippen LogP contribution in [0.25, 0.3) is 0 Å². The van der Waals surface area contributed by atoms with Gasteiger partial charge in [0.1, 0.15) is 23.2 Å². The average molecular weight is 331 g/mol. The first-order chi connectivity index (χ1) is 8.90. The van der Waals surface area contributed by atoms with Gasteiger partial charge in [0.25, 0.3) is 0 Å². The minimum Gasteiger partial charge on any atom is -0.466 e. The molecule has 5 heteroatoms. The fourth-order valence-electron chi connectivity index (χ4n) is 2.04. The molecule has 0 amide bonds. The summed E-state index contributed by atoms with van der Waals surface area (Å²) < 4.78 is 32.9. The summed E-state index contributed by atoms with van der Waals surface area (Å²) in [6, 6.07) is 4.14. The van der Waals surface area contributed by atoms with Gasteiger partial charge in [0, 0.05) is 17.5 Å². The lowest BCUT2D eigenvalue weighted by molar-refractivity contribution is 0.173. The number of aliphatic hydroxyl groups excluding tert-OH is 1. The molecule has 102 valence electrons. The van der Waals surface area contributed by atoms with Crippen LogP contribution in [0.15, 0.2) is 27.1 Å². The second-order valence-corrected chi connectivity index (χ2v) is 5.26. The van der Waals surface area contributed by atoms with E-state index < -0.39 is 17.7 Å². The molecule has 1 aromatic carbocycles. The zero-order valence-corrected chi connectivity index (χ0v) is 12.1. The summed E-state index contributed by atoms with van der Waals surface area (Å²) in [4.78, 5) is 0. The number of aryl methyl sites for hydroxylation is 2. The first-order valence-electron chi connectivity index (χ1n) is 5.77. The molecule has 19 heavy (non-hydrogen) atoms. The Bertz CT molecular complexity index is 608. The van der Waals surface area contributed by atoms with Gasteiger partial charge in [0.15, 0.2) is 0 Å². The van der Waals surface area contributed by atoms with Gasteiger partial charge in [-0.05, 0) is 48.0 Å². The van der Waals surface area contributed by atoms with Crippen molar-refractivity contribution in [3.05, 3.63) is 57.0 Å². The molecule has 0 radical (unpaired) electrons. The lowest BCUT2D eigenvalue weighted by Gasteiger charge is -2.12. The van der Waals surface area contributed by atoms with Crippen molar-refractivity contribution in [1.29, 1.82) is 0 Å². The zero-order valence-electron chi connectivity index (χ0n) is 10.5. The summed E-state index contributed by atoms with van der Waals surface area (Å²) in [5, 5.41) is 10.1. The van der Waals surface area contributed by atoms with Crippen LogP contribution in [0.2, 0.25) is 0 Å². The number of rotatable bonds is 3. The molecule has 2 aromatic rings. The SMILES string of the molecule is Cc1cc(C(O)Cc2c(F)ccc(Br)c2F)c(C)o1. The molecule has 0 aliphatic carbocycles. The van der Waals surface area contributed by atoms with E-state index in [2.05, 4.69) is 15.9 Å². The van der Waals surface area contributed by atoms with Gasteiger partial charge in [-0.3, -0.25) is 0 Å². The minimum absolute atomic E-state index is 0.139. The Morgan fingerprint density at radius 2 is 2.00 bits per heavy atom. The molecular weight excluding hydrogens is 318 g/mol. The number of aliphatic hydroxyl groups is 1. The first-order valence-corrected chi connectivity index (χ1v) is 6.56. The van der Waals surface area contributed by atoms with Crippen LogP contribution in [0.4, 0.5) is 8.78 Å². The van der Waals surface area contributed by atoms with E-state index in [1.807, 2.05) is 0 Å². The smallest absolute Gasteiger partial charge is 0.143 e. The van der Waals surface area contributed by atoms with Crippen molar-refractivity contribution in [2.45, 2.75) is 26.4 Å². The second kappa shape index (κ2) is 5.43. The maximum atomic E-state index is 13.8. The monoisotopic (exact) mass is 330 g/mol. The summed E-state index contributed by atoms with van der Waals surface area (Å²) in [5.41, 5.74) is 0.413. The average Bonchev–Trinajstić information content (AvgIpc) is 2.69. The van der Waals surface area contributed by atoms with Gasteiger partial charge in [0.2, 0.25) is 0 Å². The number of furan rings is 1. The van der Waals surface area contributed by atoms with Crippen molar-refractivity contribution in [3.63, 3.8) is 0 Å². The van der Waals surface area contributed by atoms with E-state index in [1.54, 1.807) is 19.9 Å². The molecule has 2 rings (SSSR count). The predicted molar refractivity (Wildman–Crippen MR) is 70.9 cm³/mol. The highest BCUT2D eigenvalue weighted by molar-refractivity contribution is 9.10. The first kappa shape index (κ1) is 14.2. The molecule has 1 N–H and O–H groups in total. The molecular formula is C14H13BrF2O2. The molecule has 0 spiro atoms. The molecule has 0 saturated heterocycles. The van der Waals surface area contributed by atoms with E-state index >= 15 is 0 Å². The van der Waals surface area contributed by atoms with Crippen molar-refractivity contribution in [2.24, 2.45) is 0 Å². The molecule has 2 nitrogen and oxygen atoms in total. The topological polar surface area (TPSA) is 33.4 Å². The lowest BCUT2D eigenvalue weighted by Crippen LogP contribution is -2.06. The Hall–Kier alpha value is -1.20. The van der Waals surface area contributed by atoms with Gasteiger partial charge in [-0.2, -0.15) is 0 Å². The number of hydrogen-bond donors (Lipinski definition) is 1. The Morgan fingerprint density at radius 1 is 1.32 bits per heavy atom. The lowest BCUT2D eigenvalue weighted by atomic mass is 10.0. The Labute approximate surface area is 118 Å². The number of benzene rings is 1. The fraction of sp³-hybridized carbons (Fsp3) is 0.286. The normalized spacial score (nSPS) is 12.7. The molecule has 1 aromatic heterocycles. The van der Waals surface area contributed by atoms with Crippen LogP contribution in [0.1, 0.15) is 28.8 Å². The third-order valence-corrected chi connectivity index (χ3v) is 3.59. The predicted octanol–water partition coefficient (Wildman–Crippen LogP) is 4.21. The summed E-state index contributed by atoms with van der Waals surface area (Å²) in [6.45, 7) is 3.46. The molecule has 0 bridgehead atoms.